The van der Waals surface area contributed by atoms with Crippen molar-refractivity contribution in [1.82, 2.24) is 4.57 Å². The summed E-state index contributed by atoms with van der Waals surface area (Å²) >= 11 is 0. The topological polar surface area (TPSA) is 55.4 Å². The van der Waals surface area contributed by atoms with Crippen LogP contribution in [0.5, 0.6) is 0 Å². The number of carboxylic acid groups (broad SMARTS) is 1. The van der Waals surface area contributed by atoms with E-state index in [1.54, 1.807) is 6.26 Å². The summed E-state index contributed by atoms with van der Waals surface area (Å²) in [6.07, 6.45) is 5.71. The standard InChI is InChI=1S/C15H17NO3/c1-10-14(15(17)18)12-6-2-3-7-13(12)16(10)9-11-5-4-8-19-11/h4-5,8H,2-3,6-7,9H2,1H3,(H,17,18). The maximum absolute atomic E-state index is 11.5. The smallest absolute Gasteiger partial charge is 0.337 e. The van der Waals surface area contributed by atoms with Crippen molar-refractivity contribution in [3.63, 3.8) is 0 Å². The third-order valence-electron chi connectivity index (χ3n) is 3.94. The van der Waals surface area contributed by atoms with Crippen LogP contribution in [0.15, 0.2) is 22.8 Å². The minimum Gasteiger partial charge on any atom is -0.478 e. The van der Waals surface area contributed by atoms with Crippen LogP contribution in [0.25, 0.3) is 0 Å². The Hall–Kier alpha value is -1.97. The van der Waals surface area contributed by atoms with Crippen LogP contribution < -0.4 is 0 Å². The number of carbonyl (C=O) groups is 1. The molecular formula is C15H17NO3. The molecule has 2 aromatic heterocycles. The zero-order valence-corrected chi connectivity index (χ0v) is 11.0. The molecule has 100 valence electrons. The van der Waals surface area contributed by atoms with Crippen LogP contribution in [0.4, 0.5) is 0 Å². The van der Waals surface area contributed by atoms with E-state index in [-0.39, 0.29) is 0 Å². The third kappa shape index (κ3) is 1.97. The maximum atomic E-state index is 11.5. The lowest BCUT2D eigenvalue weighted by Crippen LogP contribution is -2.10. The number of furan rings is 1. The Morgan fingerprint density at radius 2 is 2.21 bits per heavy atom. The molecule has 0 atom stereocenters. The highest BCUT2D eigenvalue weighted by atomic mass is 16.4. The second kappa shape index (κ2) is 4.61. The van der Waals surface area contributed by atoms with Crippen molar-refractivity contribution in [3.05, 3.63) is 46.7 Å². The summed E-state index contributed by atoms with van der Waals surface area (Å²) in [7, 11) is 0. The Morgan fingerprint density at radius 3 is 2.89 bits per heavy atom. The van der Waals surface area contributed by atoms with Gasteiger partial charge in [-0.25, -0.2) is 4.79 Å². The predicted octanol–water partition coefficient (Wildman–Crippen LogP) is 3.01. The van der Waals surface area contributed by atoms with Crippen LogP contribution in [0, 0.1) is 6.92 Å². The summed E-state index contributed by atoms with van der Waals surface area (Å²) in [5.41, 5.74) is 3.55. The number of fused-ring (bicyclic) bond motifs is 1. The molecule has 0 amide bonds. The Labute approximate surface area is 111 Å². The van der Waals surface area contributed by atoms with Gasteiger partial charge in [0.2, 0.25) is 0 Å². The molecule has 3 rings (SSSR count). The first kappa shape index (κ1) is 12.1. The van der Waals surface area contributed by atoms with Gasteiger partial charge in [-0.05, 0) is 50.3 Å². The molecule has 2 aromatic rings. The van der Waals surface area contributed by atoms with Gasteiger partial charge in [0.25, 0.3) is 0 Å². The van der Waals surface area contributed by atoms with E-state index in [2.05, 4.69) is 4.57 Å². The van der Waals surface area contributed by atoms with Gasteiger partial charge in [0.1, 0.15) is 5.76 Å². The molecular weight excluding hydrogens is 242 g/mol. The molecule has 0 bridgehead atoms. The molecule has 4 nitrogen and oxygen atoms in total. The van der Waals surface area contributed by atoms with Gasteiger partial charge in [-0.15, -0.1) is 0 Å². The fourth-order valence-corrected chi connectivity index (χ4v) is 3.07. The lowest BCUT2D eigenvalue weighted by molar-refractivity contribution is 0.0694. The Kier molecular flexibility index (Phi) is 2.93. The largest absolute Gasteiger partial charge is 0.478 e. The van der Waals surface area contributed by atoms with E-state index in [4.69, 9.17) is 4.42 Å². The number of aromatic carboxylic acids is 1. The minimum atomic E-state index is -0.811. The van der Waals surface area contributed by atoms with Crippen LogP contribution in [0.2, 0.25) is 0 Å². The fraction of sp³-hybridized carbons (Fsp3) is 0.400. The zero-order chi connectivity index (χ0) is 13.4. The van der Waals surface area contributed by atoms with Gasteiger partial charge >= 0.3 is 5.97 Å². The van der Waals surface area contributed by atoms with Gasteiger partial charge in [-0.1, -0.05) is 0 Å². The molecule has 0 fully saturated rings. The summed E-state index contributed by atoms with van der Waals surface area (Å²) < 4.78 is 7.49. The van der Waals surface area contributed by atoms with Crippen molar-refractivity contribution in [3.8, 4) is 0 Å². The van der Waals surface area contributed by atoms with Crippen molar-refractivity contribution in [2.45, 2.75) is 39.2 Å². The van der Waals surface area contributed by atoms with Gasteiger partial charge < -0.3 is 14.1 Å². The maximum Gasteiger partial charge on any atom is 0.337 e. The van der Waals surface area contributed by atoms with Crippen molar-refractivity contribution in [2.75, 3.05) is 0 Å². The van der Waals surface area contributed by atoms with Gasteiger partial charge in [0.05, 0.1) is 18.4 Å². The highest BCUT2D eigenvalue weighted by Crippen LogP contribution is 2.30. The van der Waals surface area contributed by atoms with Crippen molar-refractivity contribution >= 4 is 5.97 Å². The van der Waals surface area contributed by atoms with E-state index < -0.39 is 5.97 Å². The second-order valence-electron chi connectivity index (χ2n) is 5.06. The molecule has 0 aromatic carbocycles. The van der Waals surface area contributed by atoms with Gasteiger partial charge in [0.15, 0.2) is 0 Å². The molecule has 1 aliphatic rings. The minimum absolute atomic E-state index is 0.501. The molecule has 0 radical (unpaired) electrons. The fourth-order valence-electron chi connectivity index (χ4n) is 3.07. The van der Waals surface area contributed by atoms with E-state index in [0.717, 1.165) is 42.7 Å². The van der Waals surface area contributed by atoms with E-state index in [1.165, 1.54) is 5.69 Å². The molecule has 4 heteroatoms. The van der Waals surface area contributed by atoms with Crippen molar-refractivity contribution < 1.29 is 14.3 Å². The third-order valence-corrected chi connectivity index (χ3v) is 3.94. The molecule has 1 aliphatic carbocycles. The molecule has 1 N–H and O–H groups in total. The summed E-state index contributed by atoms with van der Waals surface area (Å²) in [6, 6.07) is 3.79. The van der Waals surface area contributed by atoms with Crippen molar-refractivity contribution in [2.24, 2.45) is 0 Å². The number of aromatic nitrogens is 1. The molecule has 0 saturated carbocycles. The van der Waals surface area contributed by atoms with E-state index in [1.807, 2.05) is 19.1 Å². The summed E-state index contributed by atoms with van der Waals surface area (Å²) in [4.78, 5) is 11.5. The van der Waals surface area contributed by atoms with Crippen LogP contribution in [0.1, 0.15) is 45.9 Å². The lowest BCUT2D eigenvalue weighted by atomic mass is 9.94. The normalized spacial score (nSPS) is 14.4. The van der Waals surface area contributed by atoms with Crippen LogP contribution in [-0.4, -0.2) is 15.6 Å². The summed E-state index contributed by atoms with van der Waals surface area (Å²) in [5.74, 6) is 0.0530. The molecule has 0 aliphatic heterocycles. The molecule has 0 spiro atoms. The molecule has 0 saturated heterocycles. The highest BCUT2D eigenvalue weighted by Gasteiger charge is 2.26. The number of carboxylic acids is 1. The molecule has 0 unspecified atom stereocenters. The first-order valence-corrected chi connectivity index (χ1v) is 6.65. The van der Waals surface area contributed by atoms with Crippen LogP contribution in [-0.2, 0) is 19.4 Å². The van der Waals surface area contributed by atoms with Crippen LogP contribution in [0.3, 0.4) is 0 Å². The van der Waals surface area contributed by atoms with Gasteiger partial charge in [-0.3, -0.25) is 0 Å². The van der Waals surface area contributed by atoms with E-state index in [0.29, 0.717) is 12.1 Å². The average Bonchev–Trinajstić information content (AvgIpc) is 2.97. The SMILES string of the molecule is Cc1c(C(=O)O)c2c(n1Cc1ccco1)CCCC2. The Morgan fingerprint density at radius 1 is 1.42 bits per heavy atom. The molecule has 2 heterocycles. The van der Waals surface area contributed by atoms with E-state index in [9.17, 15) is 9.90 Å². The Bertz CT molecular complexity index is 608. The second-order valence-corrected chi connectivity index (χ2v) is 5.06. The van der Waals surface area contributed by atoms with Gasteiger partial charge in [-0.2, -0.15) is 0 Å². The first-order chi connectivity index (χ1) is 9.18. The summed E-state index contributed by atoms with van der Waals surface area (Å²) in [5, 5.41) is 9.42. The quantitative estimate of drug-likeness (QED) is 0.921. The number of hydrogen-bond donors (Lipinski definition) is 1. The predicted molar refractivity (Wildman–Crippen MR) is 70.6 cm³/mol. The average molecular weight is 259 g/mol. The first-order valence-electron chi connectivity index (χ1n) is 6.65. The number of hydrogen-bond acceptors (Lipinski definition) is 2. The summed E-state index contributed by atoms with van der Waals surface area (Å²) in [6.45, 7) is 2.51. The number of rotatable bonds is 3. The number of nitrogens with zero attached hydrogens (tertiary/aromatic N) is 1. The van der Waals surface area contributed by atoms with Crippen molar-refractivity contribution in [1.29, 1.82) is 0 Å². The monoisotopic (exact) mass is 259 g/mol. The van der Waals surface area contributed by atoms with Gasteiger partial charge in [0, 0.05) is 11.4 Å². The lowest BCUT2D eigenvalue weighted by Gasteiger charge is -2.15. The Balaban J connectivity index is 2.10. The zero-order valence-electron chi connectivity index (χ0n) is 11.0. The van der Waals surface area contributed by atoms with E-state index >= 15 is 0 Å². The highest BCUT2D eigenvalue weighted by molar-refractivity contribution is 5.91. The van der Waals surface area contributed by atoms with Crippen LogP contribution >= 0.6 is 0 Å². The molecule has 19 heavy (non-hydrogen) atoms.